The van der Waals surface area contributed by atoms with E-state index in [1.807, 2.05) is 49.5 Å². The third-order valence-corrected chi connectivity index (χ3v) is 6.51. The van der Waals surface area contributed by atoms with Gasteiger partial charge in [0.1, 0.15) is 5.56 Å². The van der Waals surface area contributed by atoms with E-state index in [2.05, 4.69) is 15.5 Å². The van der Waals surface area contributed by atoms with E-state index in [-0.39, 0.29) is 17.5 Å². The average molecular weight is 418 g/mol. The van der Waals surface area contributed by atoms with Crippen molar-refractivity contribution < 1.29 is 4.79 Å². The van der Waals surface area contributed by atoms with Crippen LogP contribution in [0.25, 0.3) is 11.3 Å². The zero-order valence-electron chi connectivity index (χ0n) is 17.7. The van der Waals surface area contributed by atoms with E-state index in [0.29, 0.717) is 25.1 Å². The molecule has 2 N–H and O–H groups in total. The second kappa shape index (κ2) is 8.15. The molecular formula is C24H27N5O2. The highest BCUT2D eigenvalue weighted by Gasteiger charge is 2.29. The molecule has 0 atom stereocenters. The summed E-state index contributed by atoms with van der Waals surface area (Å²) in [6, 6.07) is 12.0. The summed E-state index contributed by atoms with van der Waals surface area (Å²) in [6.45, 7) is 4.67. The minimum Gasteiger partial charge on any atom is -0.334 e. The molecule has 2 aliphatic rings. The van der Waals surface area contributed by atoms with Crippen molar-refractivity contribution in [3.05, 3.63) is 75.3 Å². The maximum Gasteiger partial charge on any atom is 0.263 e. The van der Waals surface area contributed by atoms with Crippen LogP contribution in [0.4, 0.5) is 0 Å². The molecular weight excluding hydrogens is 390 g/mol. The number of aromatic nitrogens is 3. The monoisotopic (exact) mass is 417 g/mol. The maximum atomic E-state index is 13.5. The Labute approximate surface area is 181 Å². The van der Waals surface area contributed by atoms with Crippen LogP contribution in [0.1, 0.15) is 46.1 Å². The van der Waals surface area contributed by atoms with E-state index in [1.54, 1.807) is 9.47 Å². The van der Waals surface area contributed by atoms with Crippen LogP contribution in [0.2, 0.25) is 0 Å². The standard InChI is InChI=1S/C24H27N5O2/c1-16-9-14-29(18-7-11-25-12-8-18)24(31)21(16)23(30)28-13-10-20-19(15-28)22(27-26-20)17-5-3-2-4-6-17/h2-6,9,14,18,25H,7-8,10-13,15H2,1H3,(H,26,27). The first-order chi connectivity index (χ1) is 15.1. The summed E-state index contributed by atoms with van der Waals surface area (Å²) < 4.78 is 1.77. The lowest BCUT2D eigenvalue weighted by molar-refractivity contribution is 0.0731. The van der Waals surface area contributed by atoms with Gasteiger partial charge in [0, 0.05) is 48.6 Å². The van der Waals surface area contributed by atoms with Crippen LogP contribution in [-0.2, 0) is 13.0 Å². The number of amides is 1. The van der Waals surface area contributed by atoms with Crippen molar-refractivity contribution in [2.75, 3.05) is 19.6 Å². The van der Waals surface area contributed by atoms with Crippen LogP contribution in [0.5, 0.6) is 0 Å². The summed E-state index contributed by atoms with van der Waals surface area (Å²) in [7, 11) is 0. The Morgan fingerprint density at radius 3 is 2.68 bits per heavy atom. The number of pyridine rings is 1. The number of rotatable bonds is 3. The molecule has 1 fully saturated rings. The van der Waals surface area contributed by atoms with Gasteiger partial charge < -0.3 is 14.8 Å². The largest absolute Gasteiger partial charge is 0.334 e. The van der Waals surface area contributed by atoms with E-state index >= 15 is 0 Å². The molecule has 160 valence electrons. The molecule has 0 unspecified atom stereocenters. The van der Waals surface area contributed by atoms with Crippen molar-refractivity contribution in [1.29, 1.82) is 0 Å². The molecule has 1 amide bonds. The van der Waals surface area contributed by atoms with Gasteiger partial charge in [-0.2, -0.15) is 5.10 Å². The number of fused-ring (bicyclic) bond motifs is 1. The lowest BCUT2D eigenvalue weighted by Gasteiger charge is -2.29. The number of hydrogen-bond donors (Lipinski definition) is 2. The number of aromatic amines is 1. The minimum atomic E-state index is -0.184. The molecule has 4 heterocycles. The second-order valence-corrected chi connectivity index (χ2v) is 8.44. The number of H-pyrrole nitrogens is 1. The number of benzene rings is 1. The molecule has 0 aliphatic carbocycles. The van der Waals surface area contributed by atoms with Gasteiger partial charge in [0.15, 0.2) is 0 Å². The highest BCUT2D eigenvalue weighted by molar-refractivity contribution is 5.95. The first-order valence-electron chi connectivity index (χ1n) is 11.0. The Bertz CT molecular complexity index is 1160. The van der Waals surface area contributed by atoms with Crippen LogP contribution in [0.3, 0.4) is 0 Å². The molecule has 0 saturated carbocycles. The van der Waals surface area contributed by atoms with Crippen molar-refractivity contribution in [3.8, 4) is 11.3 Å². The summed E-state index contributed by atoms with van der Waals surface area (Å²) in [6.07, 6.45) is 4.36. The molecule has 0 spiro atoms. The SMILES string of the molecule is Cc1ccn(C2CCNCC2)c(=O)c1C(=O)N1CCc2[nH]nc(-c3ccccc3)c2C1. The molecule has 1 aromatic carbocycles. The number of nitrogens with zero attached hydrogens (tertiary/aromatic N) is 3. The first kappa shape index (κ1) is 19.8. The smallest absolute Gasteiger partial charge is 0.263 e. The van der Waals surface area contributed by atoms with E-state index in [9.17, 15) is 9.59 Å². The van der Waals surface area contributed by atoms with Gasteiger partial charge in [-0.3, -0.25) is 14.7 Å². The summed E-state index contributed by atoms with van der Waals surface area (Å²) in [4.78, 5) is 28.7. The third kappa shape index (κ3) is 3.59. The van der Waals surface area contributed by atoms with Crippen molar-refractivity contribution >= 4 is 5.91 Å². The number of carbonyl (C=O) groups excluding carboxylic acids is 1. The van der Waals surface area contributed by atoms with E-state index in [1.165, 1.54) is 0 Å². The van der Waals surface area contributed by atoms with Crippen LogP contribution < -0.4 is 10.9 Å². The Kier molecular flexibility index (Phi) is 5.19. The van der Waals surface area contributed by atoms with Gasteiger partial charge in [0.2, 0.25) is 0 Å². The predicted molar refractivity (Wildman–Crippen MR) is 119 cm³/mol. The van der Waals surface area contributed by atoms with Gasteiger partial charge in [-0.15, -0.1) is 0 Å². The Morgan fingerprint density at radius 2 is 1.90 bits per heavy atom. The van der Waals surface area contributed by atoms with Gasteiger partial charge in [0.05, 0.1) is 5.69 Å². The van der Waals surface area contributed by atoms with Crippen molar-refractivity contribution in [1.82, 2.24) is 25.0 Å². The quantitative estimate of drug-likeness (QED) is 0.686. The van der Waals surface area contributed by atoms with Crippen molar-refractivity contribution in [3.63, 3.8) is 0 Å². The predicted octanol–water partition coefficient (Wildman–Crippen LogP) is 2.67. The normalized spacial score (nSPS) is 16.9. The molecule has 31 heavy (non-hydrogen) atoms. The molecule has 5 rings (SSSR count). The molecule has 2 aromatic heterocycles. The van der Waals surface area contributed by atoms with Gasteiger partial charge >= 0.3 is 0 Å². The van der Waals surface area contributed by atoms with Crippen LogP contribution in [-0.4, -0.2) is 45.2 Å². The fourth-order valence-electron chi connectivity index (χ4n) is 4.73. The topological polar surface area (TPSA) is 83.0 Å². The number of hydrogen-bond acceptors (Lipinski definition) is 4. The zero-order valence-corrected chi connectivity index (χ0v) is 17.7. The zero-order chi connectivity index (χ0) is 21.4. The molecule has 1 saturated heterocycles. The van der Waals surface area contributed by atoms with Crippen LogP contribution in [0.15, 0.2) is 47.4 Å². The van der Waals surface area contributed by atoms with E-state index in [4.69, 9.17) is 0 Å². The Hall–Kier alpha value is -3.19. The summed E-state index contributed by atoms with van der Waals surface area (Å²) in [5.41, 5.74) is 4.88. The molecule has 7 nitrogen and oxygen atoms in total. The minimum absolute atomic E-state index is 0.146. The fraction of sp³-hybridized carbons (Fsp3) is 0.375. The Morgan fingerprint density at radius 1 is 1.13 bits per heavy atom. The van der Waals surface area contributed by atoms with E-state index < -0.39 is 0 Å². The molecule has 7 heteroatoms. The molecule has 2 aliphatic heterocycles. The van der Waals surface area contributed by atoms with Crippen LogP contribution >= 0.6 is 0 Å². The third-order valence-electron chi connectivity index (χ3n) is 6.51. The number of piperidine rings is 1. The van der Waals surface area contributed by atoms with Crippen LogP contribution in [0, 0.1) is 6.92 Å². The summed E-state index contributed by atoms with van der Waals surface area (Å²) in [5, 5.41) is 11.0. The Balaban J connectivity index is 1.46. The average Bonchev–Trinajstić information content (AvgIpc) is 3.23. The number of aryl methyl sites for hydroxylation is 1. The highest BCUT2D eigenvalue weighted by atomic mass is 16.2. The van der Waals surface area contributed by atoms with Gasteiger partial charge in [-0.25, -0.2) is 0 Å². The first-order valence-corrected chi connectivity index (χ1v) is 11.0. The fourth-order valence-corrected chi connectivity index (χ4v) is 4.73. The van der Waals surface area contributed by atoms with Gasteiger partial charge in [0.25, 0.3) is 11.5 Å². The maximum absolute atomic E-state index is 13.5. The van der Waals surface area contributed by atoms with E-state index in [0.717, 1.165) is 54.0 Å². The number of carbonyl (C=O) groups is 1. The van der Waals surface area contributed by atoms with Crippen molar-refractivity contribution in [2.24, 2.45) is 0 Å². The number of nitrogens with one attached hydrogen (secondary N) is 2. The molecule has 0 bridgehead atoms. The van der Waals surface area contributed by atoms with Gasteiger partial charge in [-0.1, -0.05) is 30.3 Å². The van der Waals surface area contributed by atoms with Gasteiger partial charge in [-0.05, 0) is 44.5 Å². The summed E-state index contributed by atoms with van der Waals surface area (Å²) >= 11 is 0. The molecule has 3 aromatic rings. The highest BCUT2D eigenvalue weighted by Crippen LogP contribution is 2.29. The molecule has 0 radical (unpaired) electrons. The van der Waals surface area contributed by atoms with Crippen molar-refractivity contribution in [2.45, 2.75) is 38.8 Å². The lowest BCUT2D eigenvalue weighted by Crippen LogP contribution is -2.41. The second-order valence-electron chi connectivity index (χ2n) is 8.44. The lowest BCUT2D eigenvalue weighted by atomic mass is 9.99. The summed E-state index contributed by atoms with van der Waals surface area (Å²) in [5.74, 6) is -0.184.